The minimum Gasteiger partial charge on any atom is -0.356 e. The standard InChI is InChI=1S/C16H23NO4S.C12H21NO.C11H19NO3S.C7H17N/c1-3-5-7-8-9-11-22-13-12-14(18)17(16(13)20)21-15(19)10-6-4-2;1-3-5-7-8-9-11-13-12(14)10-6-4-2;1-2-3-4-5-6-7-16-9-8-10(13)12(15)11(9)14;1-2-3-4-5-6-7-8/h2,13H,3,5-12H2,1H3;2H,3,5-11H2,1H3,(H,13,14);9,15H,2-8H2,1H3;2-8H2,1H3. The number of nitrogens with two attached hydrogens (primary N) is 1. The van der Waals surface area contributed by atoms with E-state index in [0.29, 0.717) is 17.9 Å². The van der Waals surface area contributed by atoms with E-state index in [-0.39, 0.29) is 41.9 Å². The van der Waals surface area contributed by atoms with Crippen molar-refractivity contribution in [2.24, 2.45) is 5.73 Å². The molecule has 2 aliphatic rings. The average molecular weight is 881 g/mol. The highest BCUT2D eigenvalue weighted by atomic mass is 32.2. The Morgan fingerprint density at radius 3 is 1.55 bits per heavy atom. The van der Waals surface area contributed by atoms with Gasteiger partial charge in [-0.05, 0) is 43.7 Å². The number of rotatable bonds is 30. The second-order valence-electron chi connectivity index (χ2n) is 14.9. The molecule has 60 heavy (non-hydrogen) atoms. The van der Waals surface area contributed by atoms with Gasteiger partial charge < -0.3 is 15.9 Å². The quantitative estimate of drug-likeness (QED) is 0.0271. The van der Waals surface area contributed by atoms with Crippen molar-refractivity contribution in [2.75, 3.05) is 24.6 Å². The molecule has 2 atom stereocenters. The van der Waals surface area contributed by atoms with Crippen LogP contribution in [0.3, 0.4) is 0 Å². The first-order valence-electron chi connectivity index (χ1n) is 22.7. The molecule has 14 heteroatoms. The summed E-state index contributed by atoms with van der Waals surface area (Å²) in [7, 11) is 0. The van der Waals surface area contributed by atoms with Crippen LogP contribution < -0.4 is 11.1 Å². The van der Waals surface area contributed by atoms with Crippen molar-refractivity contribution in [1.29, 1.82) is 0 Å². The summed E-state index contributed by atoms with van der Waals surface area (Å²) >= 11 is 2.95. The number of hydrogen-bond donors (Lipinski definition) is 3. The summed E-state index contributed by atoms with van der Waals surface area (Å²) in [6.07, 6.45) is 36.1. The van der Waals surface area contributed by atoms with Gasteiger partial charge in [0.2, 0.25) is 5.91 Å². The first-order chi connectivity index (χ1) is 29.0. The first kappa shape index (κ1) is 59.1. The lowest BCUT2D eigenvalue weighted by molar-refractivity contribution is -0.197. The third kappa shape index (κ3) is 32.7. The molecule has 2 saturated heterocycles. The van der Waals surface area contributed by atoms with Gasteiger partial charge in [0, 0.05) is 25.8 Å². The Morgan fingerprint density at radius 2 is 1.10 bits per heavy atom. The number of carbonyl (C=O) groups excluding carboxylic acids is 6. The fourth-order valence-electron chi connectivity index (χ4n) is 5.69. The van der Waals surface area contributed by atoms with Gasteiger partial charge >= 0.3 is 5.97 Å². The number of nitrogens with zero attached hydrogens (tertiary/aromatic N) is 2. The minimum atomic E-state index is -0.648. The summed E-state index contributed by atoms with van der Waals surface area (Å²) in [4.78, 5) is 73.5. The molecule has 0 aromatic carbocycles. The summed E-state index contributed by atoms with van der Waals surface area (Å²) in [5.41, 5.74) is 5.31. The molecule has 0 aromatic rings. The molecule has 2 unspecified atom stereocenters. The smallest absolute Gasteiger partial charge is 0.334 e. The zero-order valence-corrected chi connectivity index (χ0v) is 39.2. The van der Waals surface area contributed by atoms with Crippen LogP contribution >= 0.6 is 23.5 Å². The van der Waals surface area contributed by atoms with E-state index in [1.54, 1.807) is 0 Å². The predicted molar refractivity (Wildman–Crippen MR) is 247 cm³/mol. The Hall–Kier alpha value is -3.04. The average Bonchev–Trinajstić information content (AvgIpc) is 3.65. The molecule has 0 bridgehead atoms. The molecular formula is C46H80N4O8S2. The van der Waals surface area contributed by atoms with Gasteiger partial charge in [0.05, 0.1) is 29.8 Å². The Kier molecular flexibility index (Phi) is 42.0. The topological polar surface area (TPSA) is 176 Å². The Morgan fingerprint density at radius 1 is 0.667 bits per heavy atom. The molecule has 2 heterocycles. The van der Waals surface area contributed by atoms with E-state index in [4.69, 9.17) is 28.6 Å². The van der Waals surface area contributed by atoms with Crippen LogP contribution in [0.2, 0.25) is 0 Å². The van der Waals surface area contributed by atoms with Crippen LogP contribution in [-0.2, 0) is 33.6 Å². The fraction of sp³-hybridized carbons (Fsp3) is 0.783. The van der Waals surface area contributed by atoms with E-state index < -0.39 is 34.8 Å². The lowest BCUT2D eigenvalue weighted by Crippen LogP contribution is -2.33. The second kappa shape index (κ2) is 42.6. The third-order valence-corrected chi connectivity index (χ3v) is 11.9. The molecule has 344 valence electrons. The minimum absolute atomic E-state index is 0.00278. The second-order valence-corrected chi connectivity index (χ2v) is 17.5. The highest BCUT2D eigenvalue weighted by Crippen LogP contribution is 2.27. The van der Waals surface area contributed by atoms with Crippen LogP contribution in [-0.4, -0.2) is 85.9 Å². The monoisotopic (exact) mass is 881 g/mol. The maximum Gasteiger partial charge on any atom is 0.334 e. The van der Waals surface area contributed by atoms with Crippen molar-refractivity contribution in [3.8, 4) is 24.7 Å². The van der Waals surface area contributed by atoms with Crippen LogP contribution in [0.15, 0.2) is 0 Å². The van der Waals surface area contributed by atoms with Crippen LogP contribution in [0.25, 0.3) is 0 Å². The summed E-state index contributed by atoms with van der Waals surface area (Å²) in [6.45, 7) is 10.4. The number of unbranched alkanes of at least 4 members (excludes halogenated alkanes) is 16. The van der Waals surface area contributed by atoms with Gasteiger partial charge in [0.25, 0.3) is 23.6 Å². The molecule has 2 aliphatic heterocycles. The predicted octanol–water partition coefficient (Wildman–Crippen LogP) is 9.30. The van der Waals surface area contributed by atoms with Crippen molar-refractivity contribution >= 4 is 59.0 Å². The first-order valence-corrected chi connectivity index (χ1v) is 24.8. The van der Waals surface area contributed by atoms with Gasteiger partial charge in [-0.3, -0.25) is 29.2 Å². The number of nitrogens with one attached hydrogen (secondary N) is 1. The number of amides is 5. The summed E-state index contributed by atoms with van der Waals surface area (Å²) < 4.78 is 0. The van der Waals surface area contributed by atoms with Gasteiger partial charge in [0.15, 0.2) is 0 Å². The largest absolute Gasteiger partial charge is 0.356 e. The van der Waals surface area contributed by atoms with E-state index >= 15 is 0 Å². The lowest BCUT2D eigenvalue weighted by atomic mass is 10.1. The molecule has 0 saturated carbocycles. The molecule has 4 N–H and O–H groups in total. The molecular weight excluding hydrogens is 801 g/mol. The SMILES string of the molecule is C#CCCC(=O)NCCCCCCC.C#CCCC(=O)ON1C(=O)CC(SCCCCCCC)C1=O.CCCCCCCN.CCCCCCCSC1CC(=O)N(O)C1=O. The van der Waals surface area contributed by atoms with Gasteiger partial charge in [0.1, 0.15) is 0 Å². The normalized spacial score (nSPS) is 15.5. The number of terminal acetylenes is 2. The molecule has 0 radical (unpaired) electrons. The van der Waals surface area contributed by atoms with Gasteiger partial charge in [-0.2, -0.15) is 5.06 Å². The molecule has 2 rings (SSSR count). The van der Waals surface area contributed by atoms with E-state index in [0.717, 1.165) is 50.3 Å². The molecule has 0 aromatic heterocycles. The molecule has 0 spiro atoms. The van der Waals surface area contributed by atoms with Crippen LogP contribution in [0.1, 0.15) is 195 Å². The van der Waals surface area contributed by atoms with Crippen molar-refractivity contribution < 1.29 is 38.8 Å². The summed E-state index contributed by atoms with van der Waals surface area (Å²) in [5.74, 6) is 4.11. The summed E-state index contributed by atoms with van der Waals surface area (Å²) in [6, 6.07) is 0. The molecule has 5 amide bonds. The van der Waals surface area contributed by atoms with Crippen LogP contribution in [0.4, 0.5) is 0 Å². The van der Waals surface area contributed by atoms with E-state index in [2.05, 4.69) is 44.9 Å². The number of carbonyl (C=O) groups is 6. The van der Waals surface area contributed by atoms with E-state index in [1.807, 2.05) is 0 Å². The molecule has 2 fully saturated rings. The number of hydroxylamine groups is 4. The maximum absolute atomic E-state index is 12.1. The van der Waals surface area contributed by atoms with Gasteiger partial charge in [-0.15, -0.1) is 53.3 Å². The lowest BCUT2D eigenvalue weighted by Gasteiger charge is -2.13. The Balaban J connectivity index is 0. The van der Waals surface area contributed by atoms with Crippen molar-refractivity contribution in [1.82, 2.24) is 15.4 Å². The molecule has 0 aliphatic carbocycles. The van der Waals surface area contributed by atoms with Crippen molar-refractivity contribution in [2.45, 2.75) is 205 Å². The van der Waals surface area contributed by atoms with Gasteiger partial charge in [-0.1, -0.05) is 130 Å². The zero-order chi connectivity index (χ0) is 45.2. The fourth-order valence-corrected chi connectivity index (χ4v) is 8.01. The van der Waals surface area contributed by atoms with Crippen LogP contribution in [0.5, 0.6) is 0 Å². The van der Waals surface area contributed by atoms with E-state index in [1.165, 1.54) is 126 Å². The highest BCUT2D eigenvalue weighted by Gasteiger charge is 2.41. The number of imide groups is 2. The highest BCUT2D eigenvalue weighted by molar-refractivity contribution is 8.00. The summed E-state index contributed by atoms with van der Waals surface area (Å²) in [5, 5.41) is 12.0. The van der Waals surface area contributed by atoms with Crippen molar-refractivity contribution in [3.05, 3.63) is 0 Å². The molecule has 12 nitrogen and oxygen atoms in total. The Labute approximate surface area is 372 Å². The zero-order valence-electron chi connectivity index (χ0n) is 37.6. The van der Waals surface area contributed by atoms with Crippen molar-refractivity contribution in [3.63, 3.8) is 0 Å². The maximum atomic E-state index is 12.1. The van der Waals surface area contributed by atoms with Crippen LogP contribution in [0, 0.1) is 24.7 Å². The number of thioether (sulfide) groups is 2. The van der Waals surface area contributed by atoms with E-state index in [9.17, 15) is 28.8 Å². The Bertz CT molecular complexity index is 1250. The van der Waals surface area contributed by atoms with Gasteiger partial charge in [-0.25, -0.2) is 4.79 Å². The third-order valence-electron chi connectivity index (χ3n) is 9.35. The number of hydrogen-bond acceptors (Lipinski definition) is 11.